The van der Waals surface area contributed by atoms with Gasteiger partial charge >= 0.3 is 22.6 Å². The number of esters is 3. The minimum absolute atomic E-state index is 0.0348. The Morgan fingerprint density at radius 1 is 0.348 bits per heavy atom. The van der Waals surface area contributed by atoms with Crippen molar-refractivity contribution in [1.29, 1.82) is 0 Å². The summed E-state index contributed by atoms with van der Waals surface area (Å²) >= 11 is 17.7. The van der Waals surface area contributed by atoms with Crippen LogP contribution >= 0.6 is 77.7 Å². The molecule has 724 valence electrons. The summed E-state index contributed by atoms with van der Waals surface area (Å²) in [5.41, 5.74) is 15.8. The number of halogens is 5. The van der Waals surface area contributed by atoms with Gasteiger partial charge in [-0.2, -0.15) is 0 Å². The van der Waals surface area contributed by atoms with Crippen LogP contribution in [0.4, 0.5) is 4.79 Å². The number of aliphatic hydroxyl groups is 1. The lowest BCUT2D eigenvalue weighted by molar-refractivity contribution is -0.902. The third kappa shape index (κ3) is 78.3. The molecule has 0 atom stereocenters. The van der Waals surface area contributed by atoms with Crippen molar-refractivity contribution in [3.8, 4) is 189 Å². The van der Waals surface area contributed by atoms with Gasteiger partial charge in [0.05, 0.1) is 61.5 Å². The average Bonchev–Trinajstić information content (AvgIpc) is 1.48. The van der Waals surface area contributed by atoms with Gasteiger partial charge < -0.3 is 48.6 Å². The quantitative estimate of drug-likeness (QED) is 0.00643. The summed E-state index contributed by atoms with van der Waals surface area (Å²) in [6.07, 6.45) is 13.1. The highest BCUT2D eigenvalue weighted by molar-refractivity contribution is 14.1. The SMILES string of the molecule is C1CCOC1.CN(C)CCCN(C)C.C[N+](C)(C)CCC[N+](C)(C)CCCCC(=O)OCc1ccc(C#CC#CC#CC#Cc2ccccc2)cc1.NCCCBr.O=C(CCCCBr)OCc1ccc(C#CC#CC#CC#Cc2ccccc2)cc1.O=C(CCCCI)OCc1ccc(C#CC#CC#CC#Cc2ccccc2)cc1.O=C(Cl)Cl.OCc1ccc(C#CC#CC#CC#Cc2ccccc2)cc1. The maximum Gasteiger partial charge on any atom is 0.313 e. The number of rotatable bonds is 30. The Morgan fingerprint density at radius 2 is 0.596 bits per heavy atom. The van der Waals surface area contributed by atoms with Gasteiger partial charge in [-0.15, -0.1) is 0 Å². The Kier molecular flexibility index (Phi) is 74.5. The van der Waals surface area contributed by atoms with E-state index in [0.29, 0.717) is 19.3 Å². The summed E-state index contributed by atoms with van der Waals surface area (Å²) in [5, 5.41) is 10.9. The number of carbonyl (C=O) groups excluding carboxylic acids is 4. The van der Waals surface area contributed by atoms with Crippen LogP contribution in [0.5, 0.6) is 0 Å². The highest BCUT2D eigenvalue weighted by Crippen LogP contribution is 2.14. The number of aliphatic hydroxyl groups excluding tert-OH is 1. The smallest absolute Gasteiger partial charge is 0.313 e. The fourth-order valence-electron chi connectivity index (χ4n) is 10.8. The molecule has 0 unspecified atom stereocenters. The molecular weight excluding hydrogens is 2040 g/mol. The molecule has 0 bridgehead atoms. The topological polar surface area (TPSA) is 158 Å². The number of hydrogen-bond donors (Lipinski definition) is 2. The Labute approximate surface area is 882 Å². The van der Waals surface area contributed by atoms with Crippen LogP contribution in [0.25, 0.3) is 0 Å². The maximum absolute atomic E-state index is 12.1. The number of hydrogen-bond acceptors (Lipinski definition) is 12. The predicted molar refractivity (Wildman–Crippen MR) is 594 cm³/mol. The third-order valence-corrected chi connectivity index (χ3v) is 20.0. The van der Waals surface area contributed by atoms with Gasteiger partial charge in [0.1, 0.15) is 19.8 Å². The van der Waals surface area contributed by atoms with E-state index >= 15 is 0 Å². The van der Waals surface area contributed by atoms with E-state index in [9.17, 15) is 14.4 Å². The first-order valence-corrected chi connectivity index (χ1v) is 50.3. The Hall–Kier alpha value is -13.2. The molecule has 1 fully saturated rings. The van der Waals surface area contributed by atoms with E-state index in [2.05, 4.69) is 340 Å². The normalized spacial score (nSPS) is 9.60. The van der Waals surface area contributed by atoms with Crippen molar-refractivity contribution < 1.29 is 52.2 Å². The lowest BCUT2D eigenvalue weighted by Gasteiger charge is -2.31. The predicted octanol–water partition coefficient (Wildman–Crippen LogP) is 20.1. The van der Waals surface area contributed by atoms with Crippen molar-refractivity contribution in [3.63, 3.8) is 0 Å². The van der Waals surface area contributed by atoms with Crippen molar-refractivity contribution in [1.82, 2.24) is 9.80 Å². The molecule has 0 radical (unpaired) electrons. The number of carbonyl (C=O) groups is 4. The molecular formula is C122H124Br2Cl2IN5O9+2. The second kappa shape index (κ2) is 84.8. The van der Waals surface area contributed by atoms with Crippen molar-refractivity contribution in [2.45, 2.75) is 116 Å². The van der Waals surface area contributed by atoms with Crippen LogP contribution in [-0.4, -0.2) is 177 Å². The van der Waals surface area contributed by atoms with Crippen LogP contribution in [0.1, 0.15) is 157 Å². The van der Waals surface area contributed by atoms with E-state index in [1.807, 2.05) is 218 Å². The Morgan fingerprint density at radius 3 is 0.823 bits per heavy atom. The van der Waals surface area contributed by atoms with Crippen LogP contribution in [0.2, 0.25) is 0 Å². The number of ether oxygens (including phenoxy) is 4. The second-order valence-corrected chi connectivity index (χ2v) is 35.8. The van der Waals surface area contributed by atoms with Gasteiger partial charge in [-0.25, -0.2) is 0 Å². The van der Waals surface area contributed by atoms with Gasteiger partial charge in [-0.3, -0.25) is 19.2 Å². The molecule has 9 rings (SSSR count). The average molecular weight is 2160 g/mol. The maximum atomic E-state index is 12.1. The molecule has 0 amide bonds. The number of unbranched alkanes of at least 4 members (excludes halogenated alkanes) is 3. The van der Waals surface area contributed by atoms with E-state index in [0.717, 1.165) is 169 Å². The molecule has 141 heavy (non-hydrogen) atoms. The highest BCUT2D eigenvalue weighted by atomic mass is 127. The fourth-order valence-corrected chi connectivity index (χ4v) is 12.0. The molecule has 1 saturated heterocycles. The van der Waals surface area contributed by atoms with Crippen LogP contribution < -0.4 is 5.73 Å². The van der Waals surface area contributed by atoms with E-state index in [1.165, 1.54) is 45.3 Å². The van der Waals surface area contributed by atoms with Crippen LogP contribution in [0, 0.1) is 189 Å². The van der Waals surface area contributed by atoms with Gasteiger partial charge in [-0.1, -0.05) is 223 Å². The zero-order valence-electron chi connectivity index (χ0n) is 82.3. The molecule has 1 aliphatic heterocycles. The van der Waals surface area contributed by atoms with Gasteiger partial charge in [0.15, 0.2) is 0 Å². The molecule has 0 spiro atoms. The summed E-state index contributed by atoms with van der Waals surface area (Å²) < 4.78 is 23.1. The molecule has 1 aliphatic rings. The molecule has 8 aromatic rings. The van der Waals surface area contributed by atoms with Crippen molar-refractivity contribution in [2.75, 3.05) is 131 Å². The van der Waals surface area contributed by atoms with E-state index < -0.39 is 4.70 Å². The van der Waals surface area contributed by atoms with Crippen LogP contribution in [0.3, 0.4) is 0 Å². The number of benzene rings is 8. The lowest BCUT2D eigenvalue weighted by atomic mass is 10.1. The molecule has 0 saturated carbocycles. The minimum Gasteiger partial charge on any atom is -0.461 e. The highest BCUT2D eigenvalue weighted by Gasteiger charge is 2.18. The summed E-state index contributed by atoms with van der Waals surface area (Å²) in [5.74, 6) is 87.9. The largest absolute Gasteiger partial charge is 0.461 e. The van der Waals surface area contributed by atoms with Crippen LogP contribution in [-0.2, 0) is 59.8 Å². The Balaban J connectivity index is 0.000000595. The fraction of sp³-hybridized carbons (Fsp3) is 0.311. The number of alkyl halides is 3. The molecule has 0 aliphatic carbocycles. The summed E-state index contributed by atoms with van der Waals surface area (Å²) in [6, 6.07) is 68.7. The summed E-state index contributed by atoms with van der Waals surface area (Å²) in [6.45, 7) is 9.47. The van der Waals surface area contributed by atoms with Crippen molar-refractivity contribution >= 4 is 100 Å². The first-order valence-electron chi connectivity index (χ1n) is 45.8. The minimum atomic E-state index is -0.889. The molecule has 19 heteroatoms. The van der Waals surface area contributed by atoms with Gasteiger partial charge in [0.25, 0.3) is 0 Å². The van der Waals surface area contributed by atoms with E-state index in [4.69, 9.17) is 34.6 Å². The molecule has 1 heterocycles. The Bertz CT molecular complexity index is 5940. The van der Waals surface area contributed by atoms with Crippen LogP contribution in [0.15, 0.2) is 218 Å². The van der Waals surface area contributed by atoms with Gasteiger partial charge in [-0.05, 0) is 401 Å². The monoisotopic (exact) mass is 2160 g/mol. The first kappa shape index (κ1) is 124. The van der Waals surface area contributed by atoms with Gasteiger partial charge in [0.2, 0.25) is 0 Å². The number of nitrogens with two attached hydrogens (primary N) is 1. The number of nitrogens with zero attached hydrogens (tertiary/aromatic N) is 4. The van der Waals surface area contributed by atoms with Crippen molar-refractivity contribution in [2.24, 2.45) is 5.73 Å². The standard InChI is InChI=1S/C34H40N2O2.C26H19BrO2.C26H19IO2.C21H12O.C7H18N2.C4H8O.C3H8BrN.CCl2O/c1-35(2,3)27-17-29-36(4,5)28-16-15-22-34(37)38-30-33-25-23-32(24-26-33)21-12-9-7-6-8-11-18-31-19-13-10-14-20-31;2*27-21-11-10-16-26(28)29-22-25-19-17-24(18-20-25)15-7-4-2-1-3-6-12-23-13-8-5-9-14-23;22-18-21-16-14-20(15-17-21)13-7-4-2-1-3-6-10-19-11-8-5-9-12-19;1-8(2)6-5-7-9(3)4;1-2-4-5-3-1;4-2-1-3-5;2-1(3)4/h10,13-14,19-20,23-26H,15-17,22,27-30H2,1-5H3;2*5,8-9,13-14,17-20H,10-11,16,21-22H2;5,8-9,11-12,14-17,22H,18H2;5-7H2,1-4H3;1-4H2;1-3,5H2;/q+2;;;;;;;. The second-order valence-electron chi connectivity index (χ2n) is 32.2. The summed E-state index contributed by atoms with van der Waals surface area (Å²) in [4.78, 5) is 48.8. The van der Waals surface area contributed by atoms with Crippen molar-refractivity contribution in [3.05, 3.63) is 285 Å². The molecule has 0 aromatic heterocycles. The molecule has 8 aromatic carbocycles. The molecule has 3 N–H and O–H groups in total. The zero-order valence-corrected chi connectivity index (χ0v) is 89.1. The van der Waals surface area contributed by atoms with E-state index in [1.54, 1.807) is 0 Å². The first-order chi connectivity index (χ1) is 68.3. The lowest BCUT2D eigenvalue weighted by Crippen LogP contribution is -2.44. The number of quaternary nitrogens is 2. The van der Waals surface area contributed by atoms with E-state index in [-0.39, 0.29) is 44.3 Å². The third-order valence-electron chi connectivity index (χ3n) is 18.1. The zero-order chi connectivity index (χ0) is 103. The summed E-state index contributed by atoms with van der Waals surface area (Å²) in [7, 11) is 19.7. The molecule has 14 nitrogen and oxygen atoms in total. The van der Waals surface area contributed by atoms with Gasteiger partial charge in [0, 0.05) is 94.1 Å².